The van der Waals surface area contributed by atoms with Gasteiger partial charge in [-0.15, -0.1) is 0 Å². The Morgan fingerprint density at radius 1 is 1.17 bits per heavy atom. The maximum absolute atomic E-state index is 13.1. The molecule has 0 spiro atoms. The van der Waals surface area contributed by atoms with Crippen molar-refractivity contribution in [1.82, 2.24) is 10.3 Å². The highest BCUT2D eigenvalue weighted by Crippen LogP contribution is 2.43. The first-order chi connectivity index (χ1) is 14.3. The quantitative estimate of drug-likeness (QED) is 0.575. The third kappa shape index (κ3) is 3.02. The van der Waals surface area contributed by atoms with E-state index in [1.165, 1.54) is 23.1 Å². The maximum Gasteiger partial charge on any atom is 0.294 e. The van der Waals surface area contributed by atoms with E-state index in [0.717, 1.165) is 0 Å². The molecule has 1 fully saturated rings. The van der Waals surface area contributed by atoms with Crippen LogP contribution in [0.5, 0.6) is 0 Å². The molecule has 0 aliphatic carbocycles. The number of carbonyl (C=O) groups is 3. The number of hydrogen-bond acceptors (Lipinski definition) is 6. The van der Waals surface area contributed by atoms with Crippen molar-refractivity contribution in [3.8, 4) is 0 Å². The van der Waals surface area contributed by atoms with Crippen molar-refractivity contribution in [2.45, 2.75) is 25.4 Å². The van der Waals surface area contributed by atoms with Gasteiger partial charge in [0.15, 0.2) is 0 Å². The van der Waals surface area contributed by atoms with E-state index in [2.05, 4.69) is 10.9 Å². The Morgan fingerprint density at radius 2 is 1.87 bits per heavy atom. The molecule has 2 aromatic rings. The van der Waals surface area contributed by atoms with Gasteiger partial charge in [-0.25, -0.2) is 0 Å². The lowest BCUT2D eigenvalue weighted by Gasteiger charge is -2.48. The van der Waals surface area contributed by atoms with Crippen LogP contribution in [-0.2, 0) is 9.59 Å². The van der Waals surface area contributed by atoms with Gasteiger partial charge in [0.1, 0.15) is 17.9 Å². The molecular formula is C20H19N5O5. The molecule has 1 atom stereocenters. The zero-order valence-corrected chi connectivity index (χ0v) is 16.1. The SMILES string of the molecule is CC12CCC(=O)N1c1ccccc1C(=O)N2CC(=O)NNc1ccccc1[N+](=O)[O-]. The molecule has 0 saturated carbocycles. The Bertz CT molecular complexity index is 1070. The van der Waals surface area contributed by atoms with E-state index in [1.54, 1.807) is 42.2 Å². The first kappa shape index (κ1) is 19.4. The third-order valence-corrected chi connectivity index (χ3v) is 5.48. The van der Waals surface area contributed by atoms with Crippen molar-refractivity contribution in [2.24, 2.45) is 0 Å². The zero-order valence-electron chi connectivity index (χ0n) is 16.1. The summed E-state index contributed by atoms with van der Waals surface area (Å²) in [6.45, 7) is 1.44. The summed E-state index contributed by atoms with van der Waals surface area (Å²) in [5.41, 5.74) is 4.80. The summed E-state index contributed by atoms with van der Waals surface area (Å²) in [6, 6.07) is 12.7. The van der Waals surface area contributed by atoms with Crippen LogP contribution in [0.15, 0.2) is 48.5 Å². The molecule has 10 heteroatoms. The third-order valence-electron chi connectivity index (χ3n) is 5.48. The van der Waals surface area contributed by atoms with E-state index >= 15 is 0 Å². The number of nitro groups is 1. The first-order valence-corrected chi connectivity index (χ1v) is 9.35. The number of rotatable bonds is 5. The van der Waals surface area contributed by atoms with Gasteiger partial charge >= 0.3 is 0 Å². The molecule has 2 N–H and O–H groups in total. The summed E-state index contributed by atoms with van der Waals surface area (Å²) < 4.78 is 0. The summed E-state index contributed by atoms with van der Waals surface area (Å²) in [5.74, 6) is -1.03. The Kier molecular flexibility index (Phi) is 4.61. The van der Waals surface area contributed by atoms with Crippen molar-refractivity contribution in [3.63, 3.8) is 0 Å². The number of hydrogen-bond donors (Lipinski definition) is 2. The number of benzene rings is 2. The molecular weight excluding hydrogens is 390 g/mol. The minimum atomic E-state index is -0.960. The smallest absolute Gasteiger partial charge is 0.294 e. The largest absolute Gasteiger partial charge is 0.306 e. The molecule has 1 unspecified atom stereocenters. The van der Waals surface area contributed by atoms with Gasteiger partial charge < -0.3 is 4.90 Å². The van der Waals surface area contributed by atoms with Gasteiger partial charge in [0, 0.05) is 12.5 Å². The topological polar surface area (TPSA) is 125 Å². The van der Waals surface area contributed by atoms with Gasteiger partial charge in [0.05, 0.1) is 16.2 Å². The van der Waals surface area contributed by atoms with Crippen LogP contribution in [0.4, 0.5) is 17.1 Å². The van der Waals surface area contributed by atoms with Crippen LogP contribution in [-0.4, -0.2) is 39.8 Å². The van der Waals surface area contributed by atoms with E-state index in [9.17, 15) is 24.5 Å². The van der Waals surface area contributed by atoms with E-state index in [0.29, 0.717) is 17.7 Å². The normalized spacial score (nSPS) is 19.9. The molecule has 30 heavy (non-hydrogen) atoms. The standard InChI is InChI=1S/C20H19N5O5/c1-20-11-10-18(27)24(20)15-8-4-2-6-13(15)19(28)23(20)12-17(26)22-21-14-7-3-5-9-16(14)25(29)30/h2-9,21H,10-12H2,1H3,(H,22,26). The molecule has 0 bridgehead atoms. The van der Waals surface area contributed by atoms with Gasteiger partial charge in [-0.3, -0.25) is 40.2 Å². The number of nitrogens with one attached hydrogen (secondary N) is 2. The highest BCUT2D eigenvalue weighted by Gasteiger charge is 2.53. The number of carbonyl (C=O) groups excluding carboxylic acids is 3. The number of anilines is 2. The maximum atomic E-state index is 13.1. The van der Waals surface area contributed by atoms with Crippen LogP contribution in [0.25, 0.3) is 0 Å². The number of hydrazine groups is 1. The van der Waals surface area contributed by atoms with Crippen molar-refractivity contribution in [2.75, 3.05) is 16.9 Å². The lowest BCUT2D eigenvalue weighted by molar-refractivity contribution is -0.384. The second-order valence-corrected chi connectivity index (χ2v) is 7.30. The van der Waals surface area contributed by atoms with Crippen LogP contribution in [0.2, 0.25) is 0 Å². The van der Waals surface area contributed by atoms with E-state index in [-0.39, 0.29) is 36.2 Å². The zero-order chi connectivity index (χ0) is 21.5. The van der Waals surface area contributed by atoms with Gasteiger partial charge in [-0.2, -0.15) is 0 Å². The average molecular weight is 409 g/mol. The van der Waals surface area contributed by atoms with Gasteiger partial charge in [-0.1, -0.05) is 24.3 Å². The van der Waals surface area contributed by atoms with E-state index < -0.39 is 16.5 Å². The molecule has 0 radical (unpaired) electrons. The highest BCUT2D eigenvalue weighted by atomic mass is 16.6. The average Bonchev–Trinajstić information content (AvgIpc) is 3.05. The Balaban J connectivity index is 1.56. The second kappa shape index (κ2) is 7.14. The van der Waals surface area contributed by atoms with Crippen molar-refractivity contribution >= 4 is 34.8 Å². The molecule has 2 aromatic carbocycles. The lowest BCUT2D eigenvalue weighted by Crippen LogP contribution is -2.64. The highest BCUT2D eigenvalue weighted by molar-refractivity contribution is 6.11. The number of para-hydroxylation sites is 3. The number of amides is 3. The van der Waals surface area contributed by atoms with Crippen molar-refractivity contribution in [1.29, 1.82) is 0 Å². The predicted octanol–water partition coefficient (Wildman–Crippen LogP) is 2.04. The molecule has 3 amide bonds. The summed E-state index contributed by atoms with van der Waals surface area (Å²) in [5, 5.41) is 11.1. The number of nitrogens with zero attached hydrogens (tertiary/aromatic N) is 3. The molecule has 2 aliphatic rings. The van der Waals surface area contributed by atoms with Crippen molar-refractivity contribution in [3.05, 3.63) is 64.2 Å². The molecule has 1 saturated heterocycles. The minimum Gasteiger partial charge on any atom is -0.306 e. The summed E-state index contributed by atoms with van der Waals surface area (Å²) >= 11 is 0. The Hall–Kier alpha value is -3.95. The van der Waals surface area contributed by atoms with Gasteiger partial charge in [0.25, 0.3) is 17.5 Å². The van der Waals surface area contributed by atoms with Crippen molar-refractivity contribution < 1.29 is 19.3 Å². The first-order valence-electron chi connectivity index (χ1n) is 9.35. The van der Waals surface area contributed by atoms with E-state index in [4.69, 9.17) is 0 Å². The molecule has 4 rings (SSSR count). The van der Waals surface area contributed by atoms with Gasteiger partial charge in [0.2, 0.25) is 5.91 Å². The second-order valence-electron chi connectivity index (χ2n) is 7.30. The minimum absolute atomic E-state index is 0.110. The van der Waals surface area contributed by atoms with E-state index in [1.807, 2.05) is 0 Å². The fraction of sp³-hybridized carbons (Fsp3) is 0.250. The van der Waals surface area contributed by atoms with Gasteiger partial charge in [-0.05, 0) is 31.5 Å². The Morgan fingerprint density at radius 3 is 2.63 bits per heavy atom. The Labute approximate surface area is 171 Å². The van der Waals surface area contributed by atoms with Crippen LogP contribution in [0.3, 0.4) is 0 Å². The fourth-order valence-corrected chi connectivity index (χ4v) is 4.00. The lowest BCUT2D eigenvalue weighted by atomic mass is 9.98. The summed E-state index contributed by atoms with van der Waals surface area (Å²) in [4.78, 5) is 51.7. The number of fused-ring (bicyclic) bond motifs is 3. The summed E-state index contributed by atoms with van der Waals surface area (Å²) in [6.07, 6.45) is 0.668. The van der Waals surface area contributed by atoms with Crippen LogP contribution < -0.4 is 15.8 Å². The van der Waals surface area contributed by atoms with Crippen LogP contribution >= 0.6 is 0 Å². The number of nitro benzene ring substituents is 1. The molecule has 2 aliphatic heterocycles. The fourth-order valence-electron chi connectivity index (χ4n) is 4.00. The predicted molar refractivity (Wildman–Crippen MR) is 107 cm³/mol. The molecule has 154 valence electrons. The molecule has 10 nitrogen and oxygen atoms in total. The molecule has 0 aromatic heterocycles. The monoisotopic (exact) mass is 409 g/mol. The molecule has 2 heterocycles. The summed E-state index contributed by atoms with van der Waals surface area (Å²) in [7, 11) is 0. The van der Waals surface area contributed by atoms with Crippen LogP contribution in [0.1, 0.15) is 30.1 Å². The van der Waals surface area contributed by atoms with Crippen LogP contribution in [0, 0.1) is 10.1 Å².